The van der Waals surface area contributed by atoms with Crippen molar-refractivity contribution in [2.45, 2.75) is 24.2 Å². The van der Waals surface area contributed by atoms with E-state index >= 15 is 0 Å². The van der Waals surface area contributed by atoms with Gasteiger partial charge < -0.3 is 10.1 Å². The van der Waals surface area contributed by atoms with Gasteiger partial charge in [0.2, 0.25) is 10.0 Å². The van der Waals surface area contributed by atoms with Crippen molar-refractivity contribution in [3.8, 4) is 5.75 Å². The molecule has 10 heteroatoms. The largest absolute Gasteiger partial charge is 0.573 e. The number of alkyl halides is 3. The molecule has 1 heterocycles. The molecule has 1 aromatic rings. The highest BCUT2D eigenvalue weighted by molar-refractivity contribution is 7.89. The fourth-order valence-electron chi connectivity index (χ4n) is 2.10. The summed E-state index contributed by atoms with van der Waals surface area (Å²) in [6.45, 7) is 2.88. The number of hydrogen-bond acceptors (Lipinski definition) is 4. The first kappa shape index (κ1) is 19.0. The summed E-state index contributed by atoms with van der Waals surface area (Å²) in [6, 6.07) is 4.41. The third-order valence-corrected chi connectivity index (χ3v) is 4.87. The Morgan fingerprint density at radius 2 is 2.05 bits per heavy atom. The van der Waals surface area contributed by atoms with Gasteiger partial charge >= 0.3 is 6.36 Å². The summed E-state index contributed by atoms with van der Waals surface area (Å²) in [5.41, 5.74) is 0. The number of hydrogen-bond donors (Lipinski definition) is 1. The van der Waals surface area contributed by atoms with Crippen LogP contribution in [-0.4, -0.2) is 44.8 Å². The van der Waals surface area contributed by atoms with Gasteiger partial charge in [0.05, 0.1) is 4.90 Å². The normalized spacial score (nSPS) is 20.3. The fraction of sp³-hybridized carbons (Fsp3) is 0.500. The van der Waals surface area contributed by atoms with E-state index in [9.17, 15) is 21.6 Å². The predicted molar refractivity (Wildman–Crippen MR) is 76.6 cm³/mol. The maximum atomic E-state index is 12.4. The van der Waals surface area contributed by atoms with Crippen LogP contribution in [0.15, 0.2) is 29.2 Å². The summed E-state index contributed by atoms with van der Waals surface area (Å²) in [6.07, 6.45) is -4.86. The van der Waals surface area contributed by atoms with Crippen LogP contribution in [0.5, 0.6) is 5.75 Å². The van der Waals surface area contributed by atoms with E-state index in [1.54, 1.807) is 0 Å². The third-order valence-electron chi connectivity index (χ3n) is 3.01. The van der Waals surface area contributed by atoms with Gasteiger partial charge in [0.1, 0.15) is 5.75 Å². The van der Waals surface area contributed by atoms with Crippen molar-refractivity contribution >= 4 is 22.4 Å². The quantitative estimate of drug-likeness (QED) is 0.895. The number of sulfonamides is 1. The molecule has 0 aliphatic carbocycles. The zero-order valence-electron chi connectivity index (χ0n) is 11.6. The number of benzene rings is 1. The molecule has 1 atom stereocenters. The Labute approximate surface area is 132 Å². The highest BCUT2D eigenvalue weighted by Crippen LogP contribution is 2.26. The molecule has 126 valence electrons. The van der Waals surface area contributed by atoms with Gasteiger partial charge in [0.15, 0.2) is 0 Å². The van der Waals surface area contributed by atoms with Gasteiger partial charge in [-0.05, 0) is 19.1 Å². The van der Waals surface area contributed by atoms with E-state index in [2.05, 4.69) is 10.1 Å². The van der Waals surface area contributed by atoms with Crippen molar-refractivity contribution in [2.75, 3.05) is 19.6 Å². The molecule has 2 rings (SSSR count). The van der Waals surface area contributed by atoms with Crippen molar-refractivity contribution in [1.29, 1.82) is 0 Å². The summed E-state index contributed by atoms with van der Waals surface area (Å²) in [4.78, 5) is -0.210. The van der Waals surface area contributed by atoms with Gasteiger partial charge in [0, 0.05) is 31.7 Å². The minimum absolute atomic E-state index is 0. The molecule has 1 aromatic carbocycles. The predicted octanol–water partition coefficient (Wildman–Crippen LogP) is 1.99. The van der Waals surface area contributed by atoms with E-state index in [0.717, 1.165) is 12.1 Å². The zero-order valence-corrected chi connectivity index (χ0v) is 13.3. The van der Waals surface area contributed by atoms with E-state index in [1.807, 2.05) is 6.92 Å². The lowest BCUT2D eigenvalue weighted by molar-refractivity contribution is -0.274. The number of nitrogens with zero attached hydrogens (tertiary/aromatic N) is 1. The summed E-state index contributed by atoms with van der Waals surface area (Å²) < 4.78 is 66.4. The highest BCUT2D eigenvalue weighted by Gasteiger charge is 2.32. The SMILES string of the molecule is C[C@@H]1CN(S(=O)(=O)c2cccc(OC(F)(F)F)c2)CCN1.Cl. The molecule has 0 amide bonds. The summed E-state index contributed by atoms with van der Waals surface area (Å²) in [5.74, 6) is -0.549. The Hall–Kier alpha value is -1.03. The summed E-state index contributed by atoms with van der Waals surface area (Å²) in [7, 11) is -3.83. The molecule has 0 bridgehead atoms. The Balaban J connectivity index is 0.00000242. The second kappa shape index (κ2) is 7.03. The van der Waals surface area contributed by atoms with E-state index in [4.69, 9.17) is 0 Å². The minimum Gasteiger partial charge on any atom is -0.406 e. The van der Waals surface area contributed by atoms with Crippen molar-refractivity contribution in [1.82, 2.24) is 9.62 Å². The summed E-state index contributed by atoms with van der Waals surface area (Å²) >= 11 is 0. The first-order chi connectivity index (χ1) is 9.68. The number of ether oxygens (including phenoxy) is 1. The van der Waals surface area contributed by atoms with Gasteiger partial charge in [-0.2, -0.15) is 4.31 Å². The van der Waals surface area contributed by atoms with Gasteiger partial charge in [-0.25, -0.2) is 8.42 Å². The lowest BCUT2D eigenvalue weighted by atomic mass is 10.3. The minimum atomic E-state index is -4.86. The van der Waals surface area contributed by atoms with Gasteiger partial charge in [-0.3, -0.25) is 0 Å². The van der Waals surface area contributed by atoms with E-state index in [0.29, 0.717) is 6.54 Å². The van der Waals surface area contributed by atoms with Gasteiger partial charge in [0.25, 0.3) is 0 Å². The second-order valence-electron chi connectivity index (χ2n) is 4.74. The molecule has 22 heavy (non-hydrogen) atoms. The van der Waals surface area contributed by atoms with Crippen LogP contribution in [0.25, 0.3) is 0 Å². The van der Waals surface area contributed by atoms with Crippen LogP contribution in [0.3, 0.4) is 0 Å². The average molecular weight is 361 g/mol. The Morgan fingerprint density at radius 3 is 2.64 bits per heavy atom. The maximum Gasteiger partial charge on any atom is 0.573 e. The average Bonchev–Trinajstić information content (AvgIpc) is 2.37. The molecule has 1 fully saturated rings. The standard InChI is InChI=1S/C12H15F3N2O3S.ClH/c1-9-8-17(6-5-16-9)21(18,19)11-4-2-3-10(7-11)20-12(13,14)15;/h2-4,7,9,16H,5-6,8H2,1H3;1H/t9-;/m1./s1. The van der Waals surface area contributed by atoms with Gasteiger partial charge in [-0.1, -0.05) is 6.07 Å². The Morgan fingerprint density at radius 1 is 1.36 bits per heavy atom. The van der Waals surface area contributed by atoms with E-state index in [1.165, 1.54) is 16.4 Å². The summed E-state index contributed by atoms with van der Waals surface area (Å²) in [5, 5.41) is 3.10. The molecule has 1 saturated heterocycles. The highest BCUT2D eigenvalue weighted by atomic mass is 35.5. The lowest BCUT2D eigenvalue weighted by Crippen LogP contribution is -2.51. The molecule has 0 unspecified atom stereocenters. The molecule has 0 aromatic heterocycles. The van der Waals surface area contributed by atoms with Crippen molar-refractivity contribution in [3.63, 3.8) is 0 Å². The molecular weight excluding hydrogens is 345 g/mol. The Bertz CT molecular complexity index is 610. The van der Waals surface area contributed by atoms with Crippen LogP contribution < -0.4 is 10.1 Å². The van der Waals surface area contributed by atoms with Crippen molar-refractivity contribution < 1.29 is 26.3 Å². The topological polar surface area (TPSA) is 58.6 Å². The smallest absolute Gasteiger partial charge is 0.406 e. The number of rotatable bonds is 3. The first-order valence-corrected chi connectivity index (χ1v) is 7.72. The monoisotopic (exact) mass is 360 g/mol. The number of nitrogens with one attached hydrogen (secondary N) is 1. The third kappa shape index (κ3) is 4.73. The van der Waals surface area contributed by atoms with E-state index in [-0.39, 0.29) is 36.4 Å². The van der Waals surface area contributed by atoms with E-state index < -0.39 is 22.1 Å². The van der Waals surface area contributed by atoms with Crippen LogP contribution in [0, 0.1) is 0 Å². The van der Waals surface area contributed by atoms with Crippen molar-refractivity contribution in [2.24, 2.45) is 0 Å². The molecule has 1 N–H and O–H groups in total. The van der Waals surface area contributed by atoms with Crippen molar-refractivity contribution in [3.05, 3.63) is 24.3 Å². The number of halogens is 4. The fourth-order valence-corrected chi connectivity index (χ4v) is 3.66. The lowest BCUT2D eigenvalue weighted by Gasteiger charge is -2.31. The maximum absolute atomic E-state index is 12.4. The van der Waals surface area contributed by atoms with Crippen LogP contribution in [0.4, 0.5) is 13.2 Å². The number of piperazine rings is 1. The molecule has 1 aliphatic heterocycles. The van der Waals surface area contributed by atoms with Gasteiger partial charge in [-0.15, -0.1) is 25.6 Å². The molecule has 0 spiro atoms. The van der Waals surface area contributed by atoms with Crippen LogP contribution in [0.2, 0.25) is 0 Å². The molecular formula is C12H16ClF3N2O3S. The first-order valence-electron chi connectivity index (χ1n) is 6.28. The molecule has 1 aliphatic rings. The zero-order chi connectivity index (χ0) is 15.7. The van der Waals surface area contributed by atoms with Crippen LogP contribution in [-0.2, 0) is 10.0 Å². The molecule has 0 saturated carbocycles. The van der Waals surface area contributed by atoms with Crippen LogP contribution >= 0.6 is 12.4 Å². The molecule has 0 radical (unpaired) electrons. The van der Waals surface area contributed by atoms with Crippen LogP contribution in [0.1, 0.15) is 6.92 Å². The second-order valence-corrected chi connectivity index (χ2v) is 6.68. The molecule has 5 nitrogen and oxygen atoms in total. The Kier molecular flexibility index (Phi) is 6.08.